The van der Waals surface area contributed by atoms with E-state index in [4.69, 9.17) is 32.7 Å². The van der Waals surface area contributed by atoms with Crippen LogP contribution in [0.25, 0.3) is 0 Å². The van der Waals surface area contributed by atoms with Crippen molar-refractivity contribution in [3.05, 3.63) is 57.6 Å². The maximum absolute atomic E-state index is 13.0. The zero-order valence-corrected chi connectivity index (χ0v) is 16.1. The Morgan fingerprint density at radius 3 is 2.68 bits per heavy atom. The van der Waals surface area contributed by atoms with Crippen molar-refractivity contribution >= 4 is 40.9 Å². The van der Waals surface area contributed by atoms with E-state index < -0.39 is 0 Å². The molecule has 0 saturated carbocycles. The number of ether oxygens (including phenoxy) is 2. The van der Waals surface area contributed by atoms with Gasteiger partial charge in [0.25, 0.3) is 5.91 Å². The lowest BCUT2D eigenvalue weighted by Crippen LogP contribution is -2.30. The Balaban J connectivity index is 1.97. The van der Waals surface area contributed by atoms with E-state index in [0.29, 0.717) is 33.7 Å². The maximum Gasteiger partial charge on any atom is 0.256 e. The standard InChI is InChI=1S/C18H17Cl2NO3S/c1-23-15-5-3-4-13(16(15)24-2)18-21(8-9-25-18)17(22)12-7-6-11(19)10-14(12)20/h3-7,10,18H,8-9H2,1-2H3/t18-/m0/s1. The Labute approximate surface area is 161 Å². The van der Waals surface area contributed by atoms with Gasteiger partial charge in [0.05, 0.1) is 24.8 Å². The van der Waals surface area contributed by atoms with Gasteiger partial charge in [0.15, 0.2) is 11.5 Å². The first-order valence-electron chi connectivity index (χ1n) is 7.65. The molecule has 1 amide bonds. The summed E-state index contributed by atoms with van der Waals surface area (Å²) in [4.78, 5) is 14.8. The highest BCUT2D eigenvalue weighted by atomic mass is 35.5. The molecule has 1 aliphatic rings. The topological polar surface area (TPSA) is 38.8 Å². The molecule has 1 aliphatic heterocycles. The van der Waals surface area contributed by atoms with E-state index in [1.165, 1.54) is 0 Å². The fourth-order valence-electron chi connectivity index (χ4n) is 2.86. The highest BCUT2D eigenvalue weighted by Gasteiger charge is 2.34. The Morgan fingerprint density at radius 1 is 1.20 bits per heavy atom. The fraction of sp³-hybridized carbons (Fsp3) is 0.278. The molecular formula is C18H17Cl2NO3S. The first-order valence-corrected chi connectivity index (χ1v) is 9.45. The number of amides is 1. The van der Waals surface area contributed by atoms with Crippen LogP contribution in [0.2, 0.25) is 10.0 Å². The van der Waals surface area contributed by atoms with Crippen molar-refractivity contribution in [2.75, 3.05) is 26.5 Å². The van der Waals surface area contributed by atoms with Crippen LogP contribution in [0, 0.1) is 0 Å². The zero-order chi connectivity index (χ0) is 18.0. The summed E-state index contributed by atoms with van der Waals surface area (Å²) in [6.45, 7) is 0.632. The third-order valence-electron chi connectivity index (χ3n) is 4.01. The fourth-order valence-corrected chi connectivity index (χ4v) is 4.62. The van der Waals surface area contributed by atoms with Gasteiger partial charge in [0.1, 0.15) is 5.37 Å². The van der Waals surface area contributed by atoms with Crippen molar-refractivity contribution in [3.63, 3.8) is 0 Å². The van der Waals surface area contributed by atoms with Crippen LogP contribution >= 0.6 is 35.0 Å². The lowest BCUT2D eigenvalue weighted by molar-refractivity contribution is 0.0759. The van der Waals surface area contributed by atoms with E-state index in [2.05, 4.69) is 0 Å². The molecule has 1 atom stereocenters. The molecule has 0 radical (unpaired) electrons. The Bertz CT molecular complexity index is 800. The first kappa shape index (κ1) is 18.2. The van der Waals surface area contributed by atoms with Crippen LogP contribution in [0.15, 0.2) is 36.4 Å². The molecule has 1 saturated heterocycles. The number of hydrogen-bond donors (Lipinski definition) is 0. The quantitative estimate of drug-likeness (QED) is 0.735. The van der Waals surface area contributed by atoms with E-state index >= 15 is 0 Å². The average molecular weight is 398 g/mol. The van der Waals surface area contributed by atoms with E-state index in [1.807, 2.05) is 18.2 Å². The van der Waals surface area contributed by atoms with Gasteiger partial charge >= 0.3 is 0 Å². The molecule has 2 aromatic carbocycles. The van der Waals surface area contributed by atoms with Crippen molar-refractivity contribution in [3.8, 4) is 11.5 Å². The van der Waals surface area contributed by atoms with Gasteiger partial charge in [0.2, 0.25) is 0 Å². The summed E-state index contributed by atoms with van der Waals surface area (Å²) in [6.07, 6.45) is 0. The number of hydrogen-bond acceptors (Lipinski definition) is 4. The smallest absolute Gasteiger partial charge is 0.256 e. The highest BCUT2D eigenvalue weighted by Crippen LogP contribution is 2.45. The SMILES string of the molecule is COc1cccc([C@@H]2SCCN2C(=O)c2ccc(Cl)cc2Cl)c1OC. The number of halogens is 2. The number of carbonyl (C=O) groups excluding carboxylic acids is 1. The molecule has 0 unspecified atom stereocenters. The predicted octanol–water partition coefficient (Wildman–Crippen LogP) is 4.90. The second-order valence-corrected chi connectivity index (χ2v) is 7.46. The largest absolute Gasteiger partial charge is 0.493 e. The van der Waals surface area contributed by atoms with Crippen LogP contribution < -0.4 is 9.47 Å². The lowest BCUT2D eigenvalue weighted by atomic mass is 10.1. The summed E-state index contributed by atoms with van der Waals surface area (Å²) in [7, 11) is 3.20. The summed E-state index contributed by atoms with van der Waals surface area (Å²) in [5, 5.41) is 0.693. The molecule has 0 N–H and O–H groups in total. The maximum atomic E-state index is 13.0. The Kier molecular flexibility index (Phi) is 5.67. The van der Waals surface area contributed by atoms with Gasteiger partial charge in [-0.05, 0) is 24.3 Å². The summed E-state index contributed by atoms with van der Waals surface area (Å²) in [6, 6.07) is 10.6. The molecular weight excluding hydrogens is 381 g/mol. The normalized spacial score (nSPS) is 16.8. The average Bonchev–Trinajstić information content (AvgIpc) is 3.09. The molecule has 4 nitrogen and oxygen atoms in total. The minimum atomic E-state index is -0.163. The van der Waals surface area contributed by atoms with Crippen LogP contribution in [-0.2, 0) is 0 Å². The van der Waals surface area contributed by atoms with Gasteiger partial charge in [-0.1, -0.05) is 35.3 Å². The number of nitrogens with zero attached hydrogens (tertiary/aromatic N) is 1. The minimum absolute atomic E-state index is 0.124. The molecule has 0 spiro atoms. The third kappa shape index (κ3) is 3.54. The van der Waals surface area contributed by atoms with Crippen molar-refractivity contribution in [1.82, 2.24) is 4.90 Å². The van der Waals surface area contributed by atoms with Crippen LogP contribution in [0.4, 0.5) is 0 Å². The Hall–Kier alpha value is -1.56. The number of para-hydroxylation sites is 1. The van der Waals surface area contributed by atoms with Gasteiger partial charge in [0, 0.05) is 22.9 Å². The molecule has 2 aromatic rings. The van der Waals surface area contributed by atoms with E-state index in [-0.39, 0.29) is 11.3 Å². The van der Waals surface area contributed by atoms with Gasteiger partial charge in [-0.25, -0.2) is 0 Å². The molecule has 25 heavy (non-hydrogen) atoms. The molecule has 0 aliphatic carbocycles. The Morgan fingerprint density at radius 2 is 2.00 bits per heavy atom. The van der Waals surface area contributed by atoms with Crippen LogP contribution in [0.5, 0.6) is 11.5 Å². The summed E-state index contributed by atoms with van der Waals surface area (Å²) in [5.74, 6) is 2.00. The highest BCUT2D eigenvalue weighted by molar-refractivity contribution is 7.99. The molecule has 0 bridgehead atoms. The van der Waals surface area contributed by atoms with Gasteiger partial charge in [-0.15, -0.1) is 11.8 Å². The van der Waals surface area contributed by atoms with Crippen LogP contribution in [-0.4, -0.2) is 37.3 Å². The van der Waals surface area contributed by atoms with E-state index in [0.717, 1.165) is 11.3 Å². The molecule has 3 rings (SSSR count). The second kappa shape index (κ2) is 7.77. The number of methoxy groups -OCH3 is 2. The van der Waals surface area contributed by atoms with Crippen molar-refractivity contribution in [2.45, 2.75) is 5.37 Å². The molecule has 7 heteroatoms. The second-order valence-electron chi connectivity index (χ2n) is 5.43. The molecule has 1 fully saturated rings. The summed E-state index contributed by atoms with van der Waals surface area (Å²) >= 11 is 13.8. The third-order valence-corrected chi connectivity index (χ3v) is 5.80. The molecule has 1 heterocycles. The number of thioether (sulfide) groups is 1. The van der Waals surface area contributed by atoms with Gasteiger partial charge in [-0.2, -0.15) is 0 Å². The molecule has 132 valence electrons. The van der Waals surface area contributed by atoms with E-state index in [9.17, 15) is 4.79 Å². The number of benzene rings is 2. The van der Waals surface area contributed by atoms with Crippen molar-refractivity contribution in [2.24, 2.45) is 0 Å². The lowest BCUT2D eigenvalue weighted by Gasteiger charge is -2.26. The van der Waals surface area contributed by atoms with Crippen LogP contribution in [0.1, 0.15) is 21.3 Å². The summed E-state index contributed by atoms with van der Waals surface area (Å²) < 4.78 is 10.9. The zero-order valence-electron chi connectivity index (χ0n) is 13.8. The predicted molar refractivity (Wildman–Crippen MR) is 102 cm³/mol. The van der Waals surface area contributed by atoms with Crippen molar-refractivity contribution < 1.29 is 14.3 Å². The van der Waals surface area contributed by atoms with Crippen molar-refractivity contribution in [1.29, 1.82) is 0 Å². The molecule has 0 aromatic heterocycles. The minimum Gasteiger partial charge on any atom is -0.493 e. The van der Waals surface area contributed by atoms with Gasteiger partial charge < -0.3 is 14.4 Å². The monoisotopic (exact) mass is 397 g/mol. The summed E-state index contributed by atoms with van der Waals surface area (Å²) in [5.41, 5.74) is 1.35. The van der Waals surface area contributed by atoms with E-state index in [1.54, 1.807) is 49.1 Å². The number of carbonyl (C=O) groups is 1. The number of rotatable bonds is 4. The van der Waals surface area contributed by atoms with Crippen LogP contribution in [0.3, 0.4) is 0 Å². The first-order chi connectivity index (χ1) is 12.1. The van der Waals surface area contributed by atoms with Gasteiger partial charge in [-0.3, -0.25) is 4.79 Å².